The number of halogens is 1. The van der Waals surface area contributed by atoms with Gasteiger partial charge >= 0.3 is 0 Å². The van der Waals surface area contributed by atoms with E-state index in [2.05, 4.69) is 24.0 Å². The fourth-order valence-corrected chi connectivity index (χ4v) is 2.80. The van der Waals surface area contributed by atoms with E-state index in [1.165, 1.54) is 36.9 Å². The van der Waals surface area contributed by atoms with Gasteiger partial charge in [0.15, 0.2) is 0 Å². The summed E-state index contributed by atoms with van der Waals surface area (Å²) in [5.74, 6) is 0. The third kappa shape index (κ3) is 3.87. The predicted molar refractivity (Wildman–Crippen MR) is 84.1 cm³/mol. The highest BCUT2D eigenvalue weighted by atomic mass is 35.5. The Morgan fingerprint density at radius 1 is 1.42 bits per heavy atom. The smallest absolute Gasteiger partial charge is 0.0459 e. The molecule has 1 unspecified atom stereocenters. The van der Waals surface area contributed by atoms with Gasteiger partial charge in [-0.3, -0.25) is 0 Å². The molecular formula is C16H25ClN2. The van der Waals surface area contributed by atoms with E-state index in [1.54, 1.807) is 0 Å². The van der Waals surface area contributed by atoms with E-state index in [0.717, 1.165) is 24.0 Å². The molecule has 0 heterocycles. The van der Waals surface area contributed by atoms with Crippen molar-refractivity contribution >= 4 is 17.3 Å². The largest absolute Gasteiger partial charge is 0.368 e. The number of hydrogen-bond donors (Lipinski definition) is 1. The standard InChI is InChI=1S/C16H25ClN2/c1-3-4-10-19(13-8-9-13)16-7-5-6-15(17)14(16)11-12(2)18/h5-7,12-13H,3-4,8-11,18H2,1-2H3. The number of rotatable bonds is 7. The van der Waals surface area contributed by atoms with Crippen molar-refractivity contribution in [2.24, 2.45) is 5.73 Å². The van der Waals surface area contributed by atoms with Gasteiger partial charge in [0, 0.05) is 29.3 Å². The maximum absolute atomic E-state index is 6.39. The van der Waals surface area contributed by atoms with Gasteiger partial charge in [0.05, 0.1) is 0 Å². The summed E-state index contributed by atoms with van der Waals surface area (Å²) in [6, 6.07) is 7.11. The first-order valence-electron chi connectivity index (χ1n) is 7.43. The summed E-state index contributed by atoms with van der Waals surface area (Å²) >= 11 is 6.39. The average Bonchev–Trinajstić information content (AvgIpc) is 3.17. The van der Waals surface area contributed by atoms with Gasteiger partial charge in [-0.15, -0.1) is 0 Å². The molecule has 1 aromatic carbocycles. The minimum absolute atomic E-state index is 0.144. The molecule has 2 N–H and O–H groups in total. The Morgan fingerprint density at radius 2 is 2.16 bits per heavy atom. The predicted octanol–water partition coefficient (Wildman–Crippen LogP) is 4.00. The van der Waals surface area contributed by atoms with Gasteiger partial charge in [0.1, 0.15) is 0 Å². The first kappa shape index (κ1) is 14.7. The molecule has 1 aliphatic rings. The van der Waals surface area contributed by atoms with Gasteiger partial charge in [-0.05, 0) is 50.3 Å². The second-order valence-corrected chi connectivity index (χ2v) is 6.10. The SMILES string of the molecule is CCCCN(c1cccc(Cl)c1CC(C)N)C1CC1. The Morgan fingerprint density at radius 3 is 2.74 bits per heavy atom. The van der Waals surface area contributed by atoms with E-state index in [9.17, 15) is 0 Å². The van der Waals surface area contributed by atoms with E-state index in [1.807, 2.05) is 13.0 Å². The fourth-order valence-electron chi connectivity index (χ4n) is 2.55. The molecule has 19 heavy (non-hydrogen) atoms. The monoisotopic (exact) mass is 280 g/mol. The zero-order valence-corrected chi connectivity index (χ0v) is 12.8. The molecule has 1 fully saturated rings. The van der Waals surface area contributed by atoms with Crippen molar-refractivity contribution in [2.45, 2.75) is 58.0 Å². The third-order valence-electron chi connectivity index (χ3n) is 3.67. The Labute approximate surface area is 121 Å². The lowest BCUT2D eigenvalue weighted by atomic mass is 10.0. The molecule has 1 aromatic rings. The molecule has 1 atom stereocenters. The van der Waals surface area contributed by atoms with E-state index in [4.69, 9.17) is 17.3 Å². The van der Waals surface area contributed by atoms with Crippen molar-refractivity contribution in [3.05, 3.63) is 28.8 Å². The highest BCUT2D eigenvalue weighted by Gasteiger charge is 2.30. The van der Waals surface area contributed by atoms with Gasteiger partial charge in [-0.25, -0.2) is 0 Å². The molecule has 0 saturated heterocycles. The average molecular weight is 281 g/mol. The molecular weight excluding hydrogens is 256 g/mol. The molecule has 1 aliphatic carbocycles. The maximum atomic E-state index is 6.39. The van der Waals surface area contributed by atoms with E-state index >= 15 is 0 Å². The second-order valence-electron chi connectivity index (χ2n) is 5.70. The lowest BCUT2D eigenvalue weighted by Crippen LogP contribution is -2.29. The van der Waals surface area contributed by atoms with Gasteiger partial charge in [0.2, 0.25) is 0 Å². The van der Waals surface area contributed by atoms with Crippen LogP contribution < -0.4 is 10.6 Å². The third-order valence-corrected chi connectivity index (χ3v) is 4.02. The minimum Gasteiger partial charge on any atom is -0.368 e. The topological polar surface area (TPSA) is 29.3 Å². The van der Waals surface area contributed by atoms with E-state index in [-0.39, 0.29) is 6.04 Å². The number of nitrogens with zero attached hydrogens (tertiary/aromatic N) is 1. The number of hydrogen-bond acceptors (Lipinski definition) is 2. The summed E-state index contributed by atoms with van der Waals surface area (Å²) < 4.78 is 0. The van der Waals surface area contributed by atoms with Crippen molar-refractivity contribution in [1.29, 1.82) is 0 Å². The fraction of sp³-hybridized carbons (Fsp3) is 0.625. The Balaban J connectivity index is 2.27. The van der Waals surface area contributed by atoms with Gasteiger partial charge in [-0.2, -0.15) is 0 Å². The quantitative estimate of drug-likeness (QED) is 0.818. The Hall–Kier alpha value is -0.730. The van der Waals surface area contributed by atoms with Crippen LogP contribution in [0.1, 0.15) is 45.1 Å². The lowest BCUT2D eigenvalue weighted by molar-refractivity contribution is 0.697. The van der Waals surface area contributed by atoms with Crippen LogP contribution in [0.15, 0.2) is 18.2 Å². The van der Waals surface area contributed by atoms with Crippen LogP contribution in [0.25, 0.3) is 0 Å². The van der Waals surface area contributed by atoms with E-state index < -0.39 is 0 Å². The number of unbranched alkanes of at least 4 members (excludes halogenated alkanes) is 1. The molecule has 106 valence electrons. The van der Waals surface area contributed by atoms with Crippen LogP contribution in [0, 0.1) is 0 Å². The molecule has 0 spiro atoms. The van der Waals surface area contributed by atoms with Crippen molar-refractivity contribution < 1.29 is 0 Å². The maximum Gasteiger partial charge on any atom is 0.0459 e. The Kier molecular flexibility index (Phi) is 5.12. The van der Waals surface area contributed by atoms with Gasteiger partial charge < -0.3 is 10.6 Å². The van der Waals surface area contributed by atoms with Crippen LogP contribution >= 0.6 is 11.6 Å². The van der Waals surface area contributed by atoms with E-state index in [0.29, 0.717) is 0 Å². The van der Waals surface area contributed by atoms with Crippen LogP contribution in [0.5, 0.6) is 0 Å². The van der Waals surface area contributed by atoms with Crippen molar-refractivity contribution in [3.63, 3.8) is 0 Å². The molecule has 1 saturated carbocycles. The number of anilines is 1. The van der Waals surface area contributed by atoms with Crippen LogP contribution in [0.4, 0.5) is 5.69 Å². The molecule has 3 heteroatoms. The summed E-state index contributed by atoms with van der Waals surface area (Å²) in [6.07, 6.45) is 5.94. The minimum atomic E-state index is 0.144. The summed E-state index contributed by atoms with van der Waals surface area (Å²) in [6.45, 7) is 5.42. The molecule has 0 amide bonds. The molecule has 0 aliphatic heterocycles. The summed E-state index contributed by atoms with van der Waals surface area (Å²) in [5, 5.41) is 0.858. The van der Waals surface area contributed by atoms with Crippen LogP contribution in [-0.2, 0) is 6.42 Å². The highest BCUT2D eigenvalue weighted by Crippen LogP contribution is 2.36. The summed E-state index contributed by atoms with van der Waals surface area (Å²) in [4.78, 5) is 2.55. The molecule has 2 nitrogen and oxygen atoms in total. The van der Waals surface area contributed by atoms with Gasteiger partial charge in [0.25, 0.3) is 0 Å². The number of nitrogens with two attached hydrogens (primary N) is 1. The molecule has 0 bridgehead atoms. The van der Waals surface area contributed by atoms with Crippen LogP contribution in [-0.4, -0.2) is 18.6 Å². The summed E-state index contributed by atoms with van der Waals surface area (Å²) in [5.41, 5.74) is 8.51. The van der Waals surface area contributed by atoms with Crippen LogP contribution in [0.3, 0.4) is 0 Å². The Bertz CT molecular complexity index is 413. The lowest BCUT2D eigenvalue weighted by Gasteiger charge is -2.28. The van der Waals surface area contributed by atoms with Crippen molar-refractivity contribution in [2.75, 3.05) is 11.4 Å². The number of benzene rings is 1. The highest BCUT2D eigenvalue weighted by molar-refractivity contribution is 6.31. The zero-order chi connectivity index (χ0) is 13.8. The second kappa shape index (κ2) is 6.62. The first-order valence-corrected chi connectivity index (χ1v) is 7.81. The van der Waals surface area contributed by atoms with Crippen LogP contribution in [0.2, 0.25) is 5.02 Å². The van der Waals surface area contributed by atoms with Crippen molar-refractivity contribution in [3.8, 4) is 0 Å². The van der Waals surface area contributed by atoms with Crippen molar-refractivity contribution in [1.82, 2.24) is 0 Å². The van der Waals surface area contributed by atoms with Gasteiger partial charge in [-0.1, -0.05) is 31.0 Å². The summed E-state index contributed by atoms with van der Waals surface area (Å²) in [7, 11) is 0. The first-order chi connectivity index (χ1) is 9.13. The zero-order valence-electron chi connectivity index (χ0n) is 12.0. The molecule has 0 radical (unpaired) electrons. The normalized spacial score (nSPS) is 16.4. The molecule has 2 rings (SSSR count). The molecule has 0 aromatic heterocycles.